The first-order valence-electron chi connectivity index (χ1n) is 6.19. The highest BCUT2D eigenvalue weighted by Gasteiger charge is 2.16. The molecule has 0 aliphatic carbocycles. The molecule has 1 heterocycles. The summed E-state index contributed by atoms with van der Waals surface area (Å²) in [5.41, 5.74) is 5.97. The molecule has 0 atom stereocenters. The quantitative estimate of drug-likeness (QED) is 0.730. The molecule has 1 aromatic rings. The predicted molar refractivity (Wildman–Crippen MR) is 70.5 cm³/mol. The van der Waals surface area contributed by atoms with Crippen molar-refractivity contribution in [1.29, 1.82) is 0 Å². The lowest BCUT2D eigenvalue weighted by molar-refractivity contribution is 0.310. The van der Waals surface area contributed by atoms with Gasteiger partial charge in [-0.15, -0.1) is 0 Å². The Morgan fingerprint density at radius 3 is 2.56 bits per heavy atom. The molecule has 0 amide bonds. The Morgan fingerprint density at radius 1 is 1.19 bits per heavy atom. The molecule has 0 bridgehead atoms. The zero-order valence-corrected chi connectivity index (χ0v) is 10.6. The van der Waals surface area contributed by atoms with Crippen molar-refractivity contribution in [3.63, 3.8) is 0 Å². The van der Waals surface area contributed by atoms with E-state index in [0.29, 0.717) is 0 Å². The molecule has 1 aliphatic heterocycles. The Kier molecular flexibility index (Phi) is 3.45. The molecule has 86 valence electrons. The van der Waals surface area contributed by atoms with Crippen LogP contribution in [0.5, 0.6) is 0 Å². The van der Waals surface area contributed by atoms with E-state index in [-0.39, 0.29) is 0 Å². The molecule has 1 heteroatoms. The lowest BCUT2D eigenvalue weighted by Crippen LogP contribution is -2.30. The third kappa shape index (κ3) is 2.19. The minimum Gasteiger partial charge on any atom is -0.299 e. The average Bonchev–Trinajstić information content (AvgIpc) is 2.30. The summed E-state index contributed by atoms with van der Waals surface area (Å²) in [6, 6.07) is 8.74. The van der Waals surface area contributed by atoms with Gasteiger partial charge in [0.15, 0.2) is 0 Å². The normalized spacial score (nSPS) is 17.9. The van der Waals surface area contributed by atoms with Crippen LogP contribution in [-0.2, 0) is 0 Å². The molecule has 0 unspecified atom stereocenters. The van der Waals surface area contributed by atoms with E-state index in [9.17, 15) is 0 Å². The molecule has 2 rings (SSSR count). The average molecular weight is 215 g/mol. The highest BCUT2D eigenvalue weighted by atomic mass is 15.1. The van der Waals surface area contributed by atoms with Gasteiger partial charge in [0.25, 0.3) is 0 Å². The third-order valence-corrected chi connectivity index (χ3v) is 3.57. The summed E-state index contributed by atoms with van der Waals surface area (Å²) < 4.78 is 0. The summed E-state index contributed by atoms with van der Waals surface area (Å²) >= 11 is 0. The van der Waals surface area contributed by atoms with Gasteiger partial charge in [0.2, 0.25) is 0 Å². The smallest absolute Gasteiger partial charge is 0.0196 e. The van der Waals surface area contributed by atoms with E-state index < -0.39 is 0 Å². The van der Waals surface area contributed by atoms with Crippen LogP contribution >= 0.6 is 0 Å². The zero-order chi connectivity index (χ0) is 11.5. The van der Waals surface area contributed by atoms with Crippen LogP contribution in [-0.4, -0.2) is 24.5 Å². The summed E-state index contributed by atoms with van der Waals surface area (Å²) in [4.78, 5) is 2.51. The van der Waals surface area contributed by atoms with E-state index in [1.54, 1.807) is 11.1 Å². The van der Waals surface area contributed by atoms with Gasteiger partial charge in [-0.2, -0.15) is 0 Å². The van der Waals surface area contributed by atoms with E-state index in [0.717, 1.165) is 6.54 Å². The molecular weight excluding hydrogens is 194 g/mol. The summed E-state index contributed by atoms with van der Waals surface area (Å²) in [6.07, 6.45) is 1.20. The molecule has 0 spiro atoms. The maximum atomic E-state index is 2.51. The number of nitrogens with zero attached hydrogens (tertiary/aromatic N) is 1. The fraction of sp³-hybridized carbons (Fsp3) is 0.467. The molecule has 1 aromatic carbocycles. The van der Waals surface area contributed by atoms with Crippen molar-refractivity contribution in [2.75, 3.05) is 19.6 Å². The zero-order valence-electron chi connectivity index (χ0n) is 10.6. The fourth-order valence-electron chi connectivity index (χ4n) is 2.54. The van der Waals surface area contributed by atoms with Gasteiger partial charge < -0.3 is 0 Å². The van der Waals surface area contributed by atoms with Crippen LogP contribution in [0.4, 0.5) is 0 Å². The van der Waals surface area contributed by atoms with Gasteiger partial charge in [-0.3, -0.25) is 4.90 Å². The van der Waals surface area contributed by atoms with E-state index >= 15 is 0 Å². The minimum atomic E-state index is 1.14. The van der Waals surface area contributed by atoms with Crippen LogP contribution in [0.1, 0.15) is 31.4 Å². The highest BCUT2D eigenvalue weighted by molar-refractivity contribution is 5.71. The minimum absolute atomic E-state index is 1.14. The second-order valence-corrected chi connectivity index (χ2v) is 4.69. The summed E-state index contributed by atoms with van der Waals surface area (Å²) in [5.74, 6) is 0. The van der Waals surface area contributed by atoms with Gasteiger partial charge in [0.05, 0.1) is 0 Å². The van der Waals surface area contributed by atoms with Gasteiger partial charge in [-0.25, -0.2) is 0 Å². The van der Waals surface area contributed by atoms with Crippen molar-refractivity contribution in [2.24, 2.45) is 0 Å². The Bertz CT molecular complexity index is 404. The summed E-state index contributed by atoms with van der Waals surface area (Å²) in [6.45, 7) is 10.2. The maximum absolute atomic E-state index is 2.51. The Balaban J connectivity index is 2.32. The SMILES string of the molecule is CCN1CCC(c2ccccc2C)=C(C)C1. The largest absolute Gasteiger partial charge is 0.299 e. The van der Waals surface area contributed by atoms with Gasteiger partial charge in [-0.05, 0) is 43.5 Å². The van der Waals surface area contributed by atoms with E-state index in [1.807, 2.05) is 0 Å². The van der Waals surface area contributed by atoms with Crippen molar-refractivity contribution < 1.29 is 0 Å². The first-order chi connectivity index (χ1) is 7.72. The van der Waals surface area contributed by atoms with Gasteiger partial charge in [0.1, 0.15) is 0 Å². The van der Waals surface area contributed by atoms with Crippen LogP contribution in [0, 0.1) is 6.92 Å². The Labute approximate surface area is 98.8 Å². The van der Waals surface area contributed by atoms with Crippen molar-refractivity contribution >= 4 is 5.57 Å². The van der Waals surface area contributed by atoms with E-state index in [2.05, 4.69) is 49.9 Å². The second-order valence-electron chi connectivity index (χ2n) is 4.69. The van der Waals surface area contributed by atoms with E-state index in [1.165, 1.54) is 30.6 Å². The number of hydrogen-bond donors (Lipinski definition) is 0. The van der Waals surface area contributed by atoms with Gasteiger partial charge in [-0.1, -0.05) is 36.8 Å². The molecular formula is C15H21N. The highest BCUT2D eigenvalue weighted by Crippen LogP contribution is 2.28. The predicted octanol–water partition coefficient (Wildman–Crippen LogP) is 3.49. The molecule has 16 heavy (non-hydrogen) atoms. The van der Waals surface area contributed by atoms with Crippen LogP contribution in [0.2, 0.25) is 0 Å². The first-order valence-corrected chi connectivity index (χ1v) is 6.19. The molecule has 0 radical (unpaired) electrons. The summed E-state index contributed by atoms with van der Waals surface area (Å²) in [5, 5.41) is 0. The Hall–Kier alpha value is -1.08. The maximum Gasteiger partial charge on any atom is 0.0196 e. The van der Waals surface area contributed by atoms with Crippen LogP contribution in [0.3, 0.4) is 0 Å². The van der Waals surface area contributed by atoms with Crippen LogP contribution < -0.4 is 0 Å². The molecule has 0 aromatic heterocycles. The van der Waals surface area contributed by atoms with E-state index in [4.69, 9.17) is 0 Å². The van der Waals surface area contributed by atoms with Gasteiger partial charge >= 0.3 is 0 Å². The van der Waals surface area contributed by atoms with Crippen LogP contribution in [0.25, 0.3) is 5.57 Å². The topological polar surface area (TPSA) is 3.24 Å². The number of aryl methyl sites for hydroxylation is 1. The second kappa shape index (κ2) is 4.84. The van der Waals surface area contributed by atoms with Crippen molar-refractivity contribution in [3.8, 4) is 0 Å². The fourth-order valence-corrected chi connectivity index (χ4v) is 2.54. The number of hydrogen-bond acceptors (Lipinski definition) is 1. The first kappa shape index (κ1) is 11.4. The monoisotopic (exact) mass is 215 g/mol. The van der Waals surface area contributed by atoms with Crippen molar-refractivity contribution in [1.82, 2.24) is 4.90 Å². The standard InChI is InChI=1S/C15H21N/c1-4-16-10-9-15(13(3)11-16)14-8-6-5-7-12(14)2/h5-8H,4,9-11H2,1-3H3. The van der Waals surface area contributed by atoms with Crippen molar-refractivity contribution in [2.45, 2.75) is 27.2 Å². The molecule has 1 nitrogen and oxygen atoms in total. The molecule has 0 saturated heterocycles. The van der Waals surface area contributed by atoms with Crippen LogP contribution in [0.15, 0.2) is 29.8 Å². The number of likely N-dealkylation sites (N-methyl/N-ethyl adjacent to an activating group) is 1. The van der Waals surface area contributed by atoms with Gasteiger partial charge in [0, 0.05) is 13.1 Å². The third-order valence-electron chi connectivity index (χ3n) is 3.57. The lowest BCUT2D eigenvalue weighted by Gasteiger charge is -2.29. The molecule has 1 aliphatic rings. The lowest BCUT2D eigenvalue weighted by atomic mass is 9.91. The molecule has 0 N–H and O–H groups in total. The Morgan fingerprint density at radius 2 is 1.94 bits per heavy atom. The summed E-state index contributed by atoms with van der Waals surface area (Å²) in [7, 11) is 0. The number of benzene rings is 1. The van der Waals surface area contributed by atoms with Crippen molar-refractivity contribution in [3.05, 3.63) is 41.0 Å². The number of rotatable bonds is 2. The molecule has 0 fully saturated rings. The molecule has 0 saturated carbocycles.